The standard InChI is InChI=1S/C20H21N5O5/c1-20(2,3)30-19(28)25-11-14(9-22-25)12-6-5-7-13(8-12)17(26)23-15-10-21-24-16(15)18(27)29-4/h5-11H,1-4H3,(H,21,24)(H,23,26). The summed E-state index contributed by atoms with van der Waals surface area (Å²) >= 11 is 0. The summed E-state index contributed by atoms with van der Waals surface area (Å²) in [5, 5.41) is 12.9. The van der Waals surface area contributed by atoms with Gasteiger partial charge in [0.2, 0.25) is 0 Å². The van der Waals surface area contributed by atoms with Gasteiger partial charge in [-0.05, 0) is 38.5 Å². The molecule has 0 unspecified atom stereocenters. The molecule has 0 atom stereocenters. The Morgan fingerprint density at radius 2 is 1.90 bits per heavy atom. The highest BCUT2D eigenvalue weighted by atomic mass is 16.6. The zero-order valence-electron chi connectivity index (χ0n) is 16.9. The third-order valence-corrected chi connectivity index (χ3v) is 3.90. The lowest BCUT2D eigenvalue weighted by atomic mass is 10.1. The number of anilines is 1. The van der Waals surface area contributed by atoms with E-state index in [-0.39, 0.29) is 11.4 Å². The van der Waals surface area contributed by atoms with E-state index < -0.39 is 23.6 Å². The summed E-state index contributed by atoms with van der Waals surface area (Å²) in [6.07, 6.45) is 3.75. The van der Waals surface area contributed by atoms with Crippen LogP contribution in [0.25, 0.3) is 11.1 Å². The van der Waals surface area contributed by atoms with Gasteiger partial charge in [0.15, 0.2) is 5.69 Å². The SMILES string of the molecule is COC(=O)c1[nH]ncc1NC(=O)c1cccc(-c2cnn(C(=O)OC(C)(C)C)c2)c1. The Morgan fingerprint density at radius 3 is 2.60 bits per heavy atom. The van der Waals surface area contributed by atoms with Crippen LogP contribution in [0.2, 0.25) is 0 Å². The average molecular weight is 411 g/mol. The number of hydrogen-bond donors (Lipinski definition) is 2. The fraction of sp³-hybridized carbons (Fsp3) is 0.250. The van der Waals surface area contributed by atoms with Gasteiger partial charge in [0.25, 0.3) is 5.91 Å². The normalized spacial score (nSPS) is 11.1. The molecule has 1 amide bonds. The van der Waals surface area contributed by atoms with Crippen molar-refractivity contribution in [2.24, 2.45) is 0 Å². The second-order valence-electron chi connectivity index (χ2n) is 7.34. The van der Waals surface area contributed by atoms with Gasteiger partial charge in [-0.2, -0.15) is 14.9 Å². The molecule has 3 rings (SSSR count). The maximum Gasteiger partial charge on any atom is 0.435 e. The number of rotatable bonds is 4. The molecule has 0 saturated heterocycles. The number of H-pyrrole nitrogens is 1. The van der Waals surface area contributed by atoms with Gasteiger partial charge < -0.3 is 14.8 Å². The van der Waals surface area contributed by atoms with Gasteiger partial charge in [0, 0.05) is 17.3 Å². The second-order valence-corrected chi connectivity index (χ2v) is 7.34. The van der Waals surface area contributed by atoms with Crippen molar-refractivity contribution in [3.05, 3.63) is 54.1 Å². The number of aromatic nitrogens is 4. The highest BCUT2D eigenvalue weighted by Gasteiger charge is 2.20. The highest BCUT2D eigenvalue weighted by Crippen LogP contribution is 2.22. The van der Waals surface area contributed by atoms with E-state index in [4.69, 9.17) is 4.74 Å². The Hall–Kier alpha value is -3.95. The summed E-state index contributed by atoms with van der Waals surface area (Å²) in [6, 6.07) is 6.75. The number of ether oxygens (including phenoxy) is 2. The van der Waals surface area contributed by atoms with Gasteiger partial charge in [0.1, 0.15) is 5.60 Å². The maximum absolute atomic E-state index is 12.6. The molecular formula is C20H21N5O5. The molecule has 0 aliphatic rings. The first kappa shape index (κ1) is 20.8. The van der Waals surface area contributed by atoms with E-state index in [1.54, 1.807) is 45.0 Å². The molecule has 10 nitrogen and oxygen atoms in total. The van der Waals surface area contributed by atoms with Gasteiger partial charge in [-0.1, -0.05) is 12.1 Å². The van der Waals surface area contributed by atoms with E-state index in [1.807, 2.05) is 0 Å². The van der Waals surface area contributed by atoms with Crippen LogP contribution in [0.1, 0.15) is 41.6 Å². The predicted octanol–water partition coefficient (Wildman–Crippen LogP) is 3.10. The molecule has 2 aromatic heterocycles. The molecular weight excluding hydrogens is 390 g/mol. The third-order valence-electron chi connectivity index (χ3n) is 3.90. The molecule has 0 bridgehead atoms. The zero-order chi connectivity index (χ0) is 21.9. The third kappa shape index (κ3) is 4.72. The van der Waals surface area contributed by atoms with Gasteiger partial charge >= 0.3 is 12.1 Å². The number of nitrogens with one attached hydrogen (secondary N) is 2. The summed E-state index contributed by atoms with van der Waals surface area (Å²) in [5.41, 5.74) is 1.26. The van der Waals surface area contributed by atoms with E-state index >= 15 is 0 Å². The van der Waals surface area contributed by atoms with E-state index in [0.29, 0.717) is 16.7 Å². The zero-order valence-corrected chi connectivity index (χ0v) is 16.9. The molecule has 0 radical (unpaired) electrons. The largest absolute Gasteiger partial charge is 0.464 e. The van der Waals surface area contributed by atoms with Crippen LogP contribution in [0.5, 0.6) is 0 Å². The van der Waals surface area contributed by atoms with Crippen molar-refractivity contribution in [2.45, 2.75) is 26.4 Å². The highest BCUT2D eigenvalue weighted by molar-refractivity contribution is 6.07. The molecule has 1 aromatic carbocycles. The summed E-state index contributed by atoms with van der Waals surface area (Å²) in [6.45, 7) is 5.30. The Balaban J connectivity index is 1.79. The van der Waals surface area contributed by atoms with Crippen LogP contribution in [0.3, 0.4) is 0 Å². The van der Waals surface area contributed by atoms with Gasteiger partial charge in [-0.15, -0.1) is 0 Å². The summed E-state index contributed by atoms with van der Waals surface area (Å²) in [5.74, 6) is -1.09. The van der Waals surface area contributed by atoms with E-state index in [0.717, 1.165) is 4.68 Å². The molecule has 0 aliphatic carbocycles. The van der Waals surface area contributed by atoms with Crippen LogP contribution in [-0.2, 0) is 9.47 Å². The van der Waals surface area contributed by atoms with Gasteiger partial charge in [0.05, 0.1) is 25.2 Å². The summed E-state index contributed by atoms with van der Waals surface area (Å²) in [7, 11) is 1.23. The first-order chi connectivity index (χ1) is 14.2. The van der Waals surface area contributed by atoms with Crippen LogP contribution in [0.4, 0.5) is 10.5 Å². The minimum Gasteiger partial charge on any atom is -0.464 e. The molecule has 10 heteroatoms. The Bertz CT molecular complexity index is 1090. The molecule has 0 fully saturated rings. The molecule has 2 N–H and O–H groups in total. The number of nitrogens with zero attached hydrogens (tertiary/aromatic N) is 3. The summed E-state index contributed by atoms with van der Waals surface area (Å²) < 4.78 is 11.0. The molecule has 0 aliphatic heterocycles. The summed E-state index contributed by atoms with van der Waals surface area (Å²) in [4.78, 5) is 36.5. The number of carbonyl (C=O) groups is 3. The minimum absolute atomic E-state index is 0.0423. The minimum atomic E-state index is -0.647. The van der Waals surface area contributed by atoms with Crippen molar-refractivity contribution in [3.8, 4) is 11.1 Å². The number of hydrogen-bond acceptors (Lipinski definition) is 7. The van der Waals surface area contributed by atoms with Crippen molar-refractivity contribution in [3.63, 3.8) is 0 Å². The fourth-order valence-electron chi connectivity index (χ4n) is 2.55. The second kappa shape index (κ2) is 8.19. The Labute approximate surface area is 172 Å². The first-order valence-electron chi connectivity index (χ1n) is 8.99. The average Bonchev–Trinajstić information content (AvgIpc) is 3.36. The van der Waals surface area contributed by atoms with Crippen molar-refractivity contribution in [1.82, 2.24) is 20.0 Å². The molecule has 0 spiro atoms. The van der Waals surface area contributed by atoms with Gasteiger partial charge in [-0.3, -0.25) is 9.89 Å². The smallest absolute Gasteiger partial charge is 0.435 e. The predicted molar refractivity (Wildman–Crippen MR) is 107 cm³/mol. The number of esters is 1. The number of amides is 1. The number of methoxy groups -OCH3 is 1. The Kier molecular flexibility index (Phi) is 5.67. The lowest BCUT2D eigenvalue weighted by Gasteiger charge is -2.18. The number of benzene rings is 1. The van der Waals surface area contributed by atoms with Crippen molar-refractivity contribution >= 4 is 23.7 Å². The van der Waals surface area contributed by atoms with Crippen molar-refractivity contribution in [1.29, 1.82) is 0 Å². The monoisotopic (exact) mass is 411 g/mol. The molecule has 156 valence electrons. The van der Waals surface area contributed by atoms with Crippen LogP contribution in [-0.4, -0.2) is 50.7 Å². The quantitative estimate of drug-likeness (QED) is 0.631. The van der Waals surface area contributed by atoms with Gasteiger partial charge in [-0.25, -0.2) is 9.59 Å². The van der Waals surface area contributed by atoms with Crippen LogP contribution in [0, 0.1) is 0 Å². The van der Waals surface area contributed by atoms with E-state index in [9.17, 15) is 14.4 Å². The Morgan fingerprint density at radius 1 is 1.13 bits per heavy atom. The fourth-order valence-corrected chi connectivity index (χ4v) is 2.55. The number of carbonyl (C=O) groups excluding carboxylic acids is 3. The van der Waals surface area contributed by atoms with Crippen molar-refractivity contribution in [2.75, 3.05) is 12.4 Å². The first-order valence-corrected chi connectivity index (χ1v) is 8.99. The molecule has 30 heavy (non-hydrogen) atoms. The lowest BCUT2D eigenvalue weighted by Crippen LogP contribution is -2.27. The molecule has 2 heterocycles. The number of aromatic amines is 1. The lowest BCUT2D eigenvalue weighted by molar-refractivity contribution is 0.0513. The van der Waals surface area contributed by atoms with E-state index in [1.165, 1.54) is 25.7 Å². The maximum atomic E-state index is 12.6. The van der Waals surface area contributed by atoms with Crippen LogP contribution < -0.4 is 5.32 Å². The topological polar surface area (TPSA) is 128 Å². The van der Waals surface area contributed by atoms with Crippen molar-refractivity contribution < 1.29 is 23.9 Å². The van der Waals surface area contributed by atoms with Crippen LogP contribution >= 0.6 is 0 Å². The molecule has 0 saturated carbocycles. The van der Waals surface area contributed by atoms with Crippen LogP contribution in [0.15, 0.2) is 42.9 Å². The van der Waals surface area contributed by atoms with E-state index in [2.05, 4.69) is 25.3 Å². The molecule has 3 aromatic rings.